The van der Waals surface area contributed by atoms with Gasteiger partial charge in [0.2, 0.25) is 0 Å². The molecule has 0 aromatic heterocycles. The number of rotatable bonds is 1. The summed E-state index contributed by atoms with van der Waals surface area (Å²) in [6, 6.07) is 12.1. The Labute approximate surface area is 101 Å². The minimum atomic E-state index is -0.250. The molecule has 3 heteroatoms. The summed E-state index contributed by atoms with van der Waals surface area (Å²) in [7, 11) is 0. The van der Waals surface area contributed by atoms with Gasteiger partial charge in [0.15, 0.2) is 0 Å². The van der Waals surface area contributed by atoms with Crippen LogP contribution in [0.25, 0.3) is 11.1 Å². The molecule has 76 valence electrons. The van der Waals surface area contributed by atoms with Crippen LogP contribution in [0.3, 0.4) is 0 Å². The lowest BCUT2D eigenvalue weighted by molar-refractivity contribution is 0.627. The maximum atomic E-state index is 12.9. The second kappa shape index (κ2) is 4.33. The fourth-order valence-electron chi connectivity index (χ4n) is 1.35. The van der Waals surface area contributed by atoms with Crippen molar-refractivity contribution in [1.82, 2.24) is 0 Å². The van der Waals surface area contributed by atoms with Gasteiger partial charge in [-0.2, -0.15) is 0 Å². The first-order valence-corrected chi connectivity index (χ1v) is 5.55. The molecule has 0 heterocycles. The fourth-order valence-corrected chi connectivity index (χ4v) is 2.06. The molecular weight excluding hydrogens is 278 g/mol. The summed E-state index contributed by atoms with van der Waals surface area (Å²) < 4.78 is 13.6. The van der Waals surface area contributed by atoms with Crippen molar-refractivity contribution >= 4 is 27.5 Å². The Hall–Kier alpha value is -0.860. The molecule has 2 aromatic rings. The largest absolute Gasteiger partial charge is 0.207 e. The highest BCUT2D eigenvalue weighted by molar-refractivity contribution is 9.10. The van der Waals surface area contributed by atoms with Gasteiger partial charge < -0.3 is 0 Å². The van der Waals surface area contributed by atoms with Crippen LogP contribution in [-0.2, 0) is 0 Å². The number of halogens is 3. The average Bonchev–Trinajstić information content (AvgIpc) is 2.20. The Kier molecular flexibility index (Phi) is 3.08. The molecular formula is C12H7BrClF. The molecule has 0 N–H and O–H groups in total. The molecule has 0 aliphatic heterocycles. The van der Waals surface area contributed by atoms with Crippen LogP contribution in [-0.4, -0.2) is 0 Å². The first kappa shape index (κ1) is 10.7. The van der Waals surface area contributed by atoms with Crippen molar-refractivity contribution in [2.45, 2.75) is 0 Å². The summed E-state index contributed by atoms with van der Waals surface area (Å²) in [5, 5.41) is 0.692. The number of hydrogen-bond donors (Lipinski definition) is 0. The smallest absolute Gasteiger partial charge is 0.124 e. The molecule has 0 aliphatic carbocycles. The van der Waals surface area contributed by atoms with E-state index in [-0.39, 0.29) is 5.82 Å². The molecule has 0 saturated carbocycles. The van der Waals surface area contributed by atoms with Gasteiger partial charge in [-0.15, -0.1) is 0 Å². The molecule has 0 aliphatic rings. The van der Waals surface area contributed by atoms with E-state index in [2.05, 4.69) is 15.9 Å². The van der Waals surface area contributed by atoms with E-state index in [0.29, 0.717) is 5.02 Å². The van der Waals surface area contributed by atoms with E-state index in [1.54, 1.807) is 6.07 Å². The summed E-state index contributed by atoms with van der Waals surface area (Å²) in [6.45, 7) is 0. The highest BCUT2D eigenvalue weighted by Gasteiger charge is 2.03. The average molecular weight is 286 g/mol. The topological polar surface area (TPSA) is 0 Å². The van der Waals surface area contributed by atoms with Crippen LogP contribution in [0, 0.1) is 5.82 Å². The quantitative estimate of drug-likeness (QED) is 0.698. The van der Waals surface area contributed by atoms with Crippen molar-refractivity contribution in [3.8, 4) is 11.1 Å². The first-order chi connectivity index (χ1) is 7.16. The van der Waals surface area contributed by atoms with Gasteiger partial charge in [0.05, 0.1) is 0 Å². The number of benzene rings is 2. The minimum Gasteiger partial charge on any atom is -0.207 e. The third kappa shape index (κ3) is 2.39. The van der Waals surface area contributed by atoms with Crippen LogP contribution >= 0.6 is 27.5 Å². The predicted molar refractivity (Wildman–Crippen MR) is 64.5 cm³/mol. The fraction of sp³-hybridized carbons (Fsp3) is 0. The monoisotopic (exact) mass is 284 g/mol. The van der Waals surface area contributed by atoms with Gasteiger partial charge in [0.1, 0.15) is 5.82 Å². The number of hydrogen-bond acceptors (Lipinski definition) is 0. The summed E-state index contributed by atoms with van der Waals surface area (Å²) in [5.41, 5.74) is 1.96. The van der Waals surface area contributed by atoms with Crippen LogP contribution in [0.4, 0.5) is 4.39 Å². The molecule has 0 atom stereocenters. The molecule has 0 nitrogen and oxygen atoms in total. The minimum absolute atomic E-state index is 0.250. The van der Waals surface area contributed by atoms with Crippen LogP contribution in [0.5, 0.6) is 0 Å². The lowest BCUT2D eigenvalue weighted by atomic mass is 10.1. The molecule has 0 spiro atoms. The van der Waals surface area contributed by atoms with Gasteiger partial charge in [0, 0.05) is 9.50 Å². The second-order valence-electron chi connectivity index (χ2n) is 3.13. The zero-order valence-electron chi connectivity index (χ0n) is 7.68. The Morgan fingerprint density at radius 1 is 1.00 bits per heavy atom. The van der Waals surface area contributed by atoms with Crippen molar-refractivity contribution < 1.29 is 4.39 Å². The second-order valence-corrected chi connectivity index (χ2v) is 4.42. The summed E-state index contributed by atoms with van der Waals surface area (Å²) in [6.07, 6.45) is 0. The first-order valence-electron chi connectivity index (χ1n) is 4.38. The maximum absolute atomic E-state index is 12.9. The highest BCUT2D eigenvalue weighted by Crippen LogP contribution is 2.29. The summed E-state index contributed by atoms with van der Waals surface area (Å²) in [5.74, 6) is -0.250. The van der Waals surface area contributed by atoms with Crippen LogP contribution in [0.1, 0.15) is 0 Å². The van der Waals surface area contributed by atoms with E-state index in [1.807, 2.05) is 24.3 Å². The molecule has 0 saturated heterocycles. The van der Waals surface area contributed by atoms with Gasteiger partial charge in [0.25, 0.3) is 0 Å². The molecule has 15 heavy (non-hydrogen) atoms. The van der Waals surface area contributed by atoms with E-state index in [4.69, 9.17) is 11.6 Å². The van der Waals surface area contributed by atoms with Gasteiger partial charge >= 0.3 is 0 Å². The predicted octanol–water partition coefficient (Wildman–Crippen LogP) is 4.91. The zero-order valence-corrected chi connectivity index (χ0v) is 10.0. The lowest BCUT2D eigenvalue weighted by Gasteiger charge is -2.04. The third-order valence-electron chi connectivity index (χ3n) is 2.09. The van der Waals surface area contributed by atoms with E-state index >= 15 is 0 Å². The van der Waals surface area contributed by atoms with Crippen LogP contribution in [0.15, 0.2) is 46.9 Å². The molecule has 2 aromatic carbocycles. The zero-order chi connectivity index (χ0) is 10.8. The third-order valence-corrected chi connectivity index (χ3v) is 2.99. The van der Waals surface area contributed by atoms with Crippen LogP contribution < -0.4 is 0 Å². The van der Waals surface area contributed by atoms with E-state index in [9.17, 15) is 4.39 Å². The molecule has 2 rings (SSSR count). The molecule has 0 fully saturated rings. The highest BCUT2D eigenvalue weighted by atomic mass is 79.9. The Balaban J connectivity index is 2.49. The Morgan fingerprint density at radius 3 is 2.27 bits per heavy atom. The van der Waals surface area contributed by atoms with Gasteiger partial charge in [-0.3, -0.25) is 0 Å². The van der Waals surface area contributed by atoms with Crippen molar-refractivity contribution in [3.05, 3.63) is 57.8 Å². The van der Waals surface area contributed by atoms with Gasteiger partial charge in [-0.05, 0) is 35.4 Å². The van der Waals surface area contributed by atoms with Gasteiger partial charge in [-0.1, -0.05) is 45.7 Å². The van der Waals surface area contributed by atoms with E-state index in [0.717, 1.165) is 15.6 Å². The molecule has 0 unspecified atom stereocenters. The van der Waals surface area contributed by atoms with Crippen molar-refractivity contribution in [3.63, 3.8) is 0 Å². The molecule has 0 amide bonds. The SMILES string of the molecule is Fc1ccc(-c2ccc(Cl)cc2)c(Br)c1. The normalized spacial score (nSPS) is 10.3. The maximum Gasteiger partial charge on any atom is 0.124 e. The van der Waals surface area contributed by atoms with Crippen molar-refractivity contribution in [2.24, 2.45) is 0 Å². The standard InChI is InChI=1S/C12H7BrClF/c13-12-7-10(15)5-6-11(12)8-1-3-9(14)4-2-8/h1-7H. The van der Waals surface area contributed by atoms with Crippen LogP contribution in [0.2, 0.25) is 5.02 Å². The Bertz CT molecular complexity index is 479. The summed E-state index contributed by atoms with van der Waals surface area (Å²) >= 11 is 9.12. The summed E-state index contributed by atoms with van der Waals surface area (Å²) in [4.78, 5) is 0. The van der Waals surface area contributed by atoms with E-state index in [1.165, 1.54) is 12.1 Å². The molecule has 0 bridgehead atoms. The van der Waals surface area contributed by atoms with Gasteiger partial charge in [-0.25, -0.2) is 4.39 Å². The molecule has 0 radical (unpaired) electrons. The Morgan fingerprint density at radius 2 is 1.67 bits per heavy atom. The van der Waals surface area contributed by atoms with Crippen molar-refractivity contribution in [2.75, 3.05) is 0 Å². The van der Waals surface area contributed by atoms with Crippen molar-refractivity contribution in [1.29, 1.82) is 0 Å². The lowest BCUT2D eigenvalue weighted by Crippen LogP contribution is -1.81. The van der Waals surface area contributed by atoms with E-state index < -0.39 is 0 Å².